The molecule has 2 bridgehead atoms. The molecule has 0 spiro atoms. The van der Waals surface area contributed by atoms with Crippen LogP contribution in [0.1, 0.15) is 25.7 Å². The first-order valence-electron chi connectivity index (χ1n) is 6.06. The predicted molar refractivity (Wildman–Crippen MR) is 69.2 cm³/mol. The summed E-state index contributed by atoms with van der Waals surface area (Å²) in [6, 6.07) is 8.57. The zero-order valence-corrected chi connectivity index (χ0v) is 10.2. The molecule has 0 saturated heterocycles. The number of fused-ring (bicyclic) bond motifs is 5. The van der Waals surface area contributed by atoms with E-state index in [9.17, 15) is 0 Å². The Labute approximate surface area is 101 Å². The third-order valence-corrected chi connectivity index (χ3v) is 3.88. The van der Waals surface area contributed by atoms with Gasteiger partial charge in [0.1, 0.15) is 0 Å². The lowest BCUT2D eigenvalue weighted by Gasteiger charge is -2.04. The number of imidazole rings is 1. The van der Waals surface area contributed by atoms with Gasteiger partial charge in [-0.15, -0.1) is 0 Å². The van der Waals surface area contributed by atoms with Crippen molar-refractivity contribution < 1.29 is 0 Å². The Hall–Kier alpha value is -1.09. The van der Waals surface area contributed by atoms with Crippen molar-refractivity contribution in [2.24, 2.45) is 0 Å². The van der Waals surface area contributed by atoms with Crippen LogP contribution in [-0.2, 0) is 13.1 Å². The molecule has 84 valence electrons. The van der Waals surface area contributed by atoms with Crippen LogP contribution < -0.4 is 0 Å². The van der Waals surface area contributed by atoms with Crippen molar-refractivity contribution >= 4 is 23.3 Å². The monoisotopic (exact) mass is 232 g/mol. The van der Waals surface area contributed by atoms with Crippen molar-refractivity contribution in [2.45, 2.75) is 38.8 Å². The van der Waals surface area contributed by atoms with E-state index in [1.165, 1.54) is 36.7 Å². The molecule has 0 saturated carbocycles. The number of benzene rings is 1. The summed E-state index contributed by atoms with van der Waals surface area (Å²) >= 11 is 5.58. The van der Waals surface area contributed by atoms with E-state index in [1.54, 1.807) is 0 Å². The highest BCUT2D eigenvalue weighted by atomic mass is 32.1. The molecule has 2 aromatic rings. The third kappa shape index (κ3) is 1.50. The van der Waals surface area contributed by atoms with Gasteiger partial charge in [-0.3, -0.25) is 0 Å². The van der Waals surface area contributed by atoms with Gasteiger partial charge in [-0.1, -0.05) is 25.0 Å². The van der Waals surface area contributed by atoms with Crippen molar-refractivity contribution in [2.75, 3.05) is 0 Å². The summed E-state index contributed by atoms with van der Waals surface area (Å²) in [5.41, 5.74) is 2.60. The molecule has 1 aromatic heterocycles. The van der Waals surface area contributed by atoms with E-state index in [-0.39, 0.29) is 0 Å². The minimum Gasteiger partial charge on any atom is -0.317 e. The van der Waals surface area contributed by atoms with E-state index in [0.717, 1.165) is 17.9 Å². The molecule has 0 N–H and O–H groups in total. The number of para-hydroxylation sites is 2. The normalized spacial score (nSPS) is 16.8. The molecule has 1 aliphatic rings. The Bertz CT molecular complexity index is 517. The second-order valence-corrected chi connectivity index (χ2v) is 4.85. The zero-order valence-electron chi connectivity index (χ0n) is 9.35. The van der Waals surface area contributed by atoms with Crippen molar-refractivity contribution in [3.63, 3.8) is 0 Å². The minimum absolute atomic E-state index is 1.00. The lowest BCUT2D eigenvalue weighted by atomic mass is 10.2. The van der Waals surface area contributed by atoms with E-state index in [2.05, 4.69) is 33.4 Å². The van der Waals surface area contributed by atoms with Gasteiger partial charge >= 0.3 is 0 Å². The number of hydrogen-bond acceptors (Lipinski definition) is 1. The number of aryl methyl sites for hydroxylation is 2. The van der Waals surface area contributed by atoms with E-state index in [4.69, 9.17) is 12.2 Å². The average Bonchev–Trinajstić information content (AvgIpc) is 2.63. The Morgan fingerprint density at radius 3 is 1.81 bits per heavy atom. The molecule has 3 heteroatoms. The zero-order chi connectivity index (χ0) is 11.0. The Balaban J connectivity index is 2.30. The van der Waals surface area contributed by atoms with Gasteiger partial charge in [0.05, 0.1) is 11.0 Å². The molecule has 0 amide bonds. The molecule has 0 atom stereocenters. The van der Waals surface area contributed by atoms with Gasteiger partial charge < -0.3 is 9.13 Å². The Morgan fingerprint density at radius 2 is 1.31 bits per heavy atom. The second-order valence-electron chi connectivity index (χ2n) is 4.49. The molecule has 16 heavy (non-hydrogen) atoms. The molecule has 0 aliphatic carbocycles. The first-order chi connectivity index (χ1) is 7.88. The number of rotatable bonds is 0. The van der Waals surface area contributed by atoms with Crippen LogP contribution in [0, 0.1) is 4.77 Å². The molecule has 2 nitrogen and oxygen atoms in total. The summed E-state index contributed by atoms with van der Waals surface area (Å²) in [5, 5.41) is 0. The highest BCUT2D eigenvalue weighted by molar-refractivity contribution is 7.71. The van der Waals surface area contributed by atoms with Gasteiger partial charge in [0.25, 0.3) is 0 Å². The Kier molecular flexibility index (Phi) is 2.56. The number of hydrogen-bond donors (Lipinski definition) is 0. The number of aromatic nitrogens is 2. The maximum atomic E-state index is 5.58. The lowest BCUT2D eigenvalue weighted by molar-refractivity contribution is 0.578. The summed E-state index contributed by atoms with van der Waals surface area (Å²) < 4.78 is 5.61. The van der Waals surface area contributed by atoms with Crippen molar-refractivity contribution in [3.05, 3.63) is 29.0 Å². The van der Waals surface area contributed by atoms with Crippen LogP contribution in [0.15, 0.2) is 24.3 Å². The molecular formula is C13H16N2S. The third-order valence-electron chi connectivity index (χ3n) is 3.44. The van der Waals surface area contributed by atoms with Crippen LogP contribution >= 0.6 is 12.2 Å². The first kappa shape index (κ1) is 10.1. The van der Waals surface area contributed by atoms with Crippen LogP contribution in [0.2, 0.25) is 0 Å². The van der Waals surface area contributed by atoms with Crippen molar-refractivity contribution in [3.8, 4) is 0 Å². The van der Waals surface area contributed by atoms with E-state index in [1.807, 2.05) is 0 Å². The molecule has 0 unspecified atom stereocenters. The van der Waals surface area contributed by atoms with Crippen LogP contribution in [0.4, 0.5) is 0 Å². The van der Waals surface area contributed by atoms with Crippen LogP contribution in [-0.4, -0.2) is 9.13 Å². The standard InChI is InChI=1S/C13H16N2S/c16-13-14-9-5-1-2-6-10-15(13)12-8-4-3-7-11(12)14/h3-4,7-8H,1-2,5-6,9-10H2. The van der Waals surface area contributed by atoms with E-state index in [0.29, 0.717) is 0 Å². The highest BCUT2D eigenvalue weighted by Crippen LogP contribution is 2.21. The maximum Gasteiger partial charge on any atom is 0.180 e. The highest BCUT2D eigenvalue weighted by Gasteiger charge is 2.10. The van der Waals surface area contributed by atoms with Crippen molar-refractivity contribution in [1.82, 2.24) is 9.13 Å². The van der Waals surface area contributed by atoms with Crippen LogP contribution in [0.3, 0.4) is 0 Å². The smallest absolute Gasteiger partial charge is 0.180 e. The van der Waals surface area contributed by atoms with E-state index >= 15 is 0 Å². The molecule has 1 aliphatic heterocycles. The Morgan fingerprint density at radius 1 is 0.812 bits per heavy atom. The first-order valence-corrected chi connectivity index (χ1v) is 6.47. The van der Waals surface area contributed by atoms with Gasteiger partial charge in [0.2, 0.25) is 0 Å². The fourth-order valence-corrected chi connectivity index (χ4v) is 2.98. The molecule has 0 fully saturated rings. The molecule has 2 heterocycles. The molecule has 1 aromatic carbocycles. The predicted octanol–water partition coefficient (Wildman–Crippen LogP) is 3.75. The summed E-state index contributed by atoms with van der Waals surface area (Å²) in [5.74, 6) is 0. The van der Waals surface area contributed by atoms with Gasteiger partial charge in [-0.05, 0) is 37.2 Å². The fourth-order valence-electron chi connectivity index (χ4n) is 2.60. The summed E-state index contributed by atoms with van der Waals surface area (Å²) in [4.78, 5) is 0. The largest absolute Gasteiger partial charge is 0.317 e. The molecule has 3 rings (SSSR count). The van der Waals surface area contributed by atoms with Gasteiger partial charge in [0.15, 0.2) is 4.77 Å². The maximum absolute atomic E-state index is 5.58. The van der Waals surface area contributed by atoms with Gasteiger partial charge in [-0.2, -0.15) is 0 Å². The SMILES string of the molecule is S=c1n2c3ccccc3n1CCCCCC2. The topological polar surface area (TPSA) is 9.86 Å². The summed E-state index contributed by atoms with van der Waals surface area (Å²) in [6.07, 6.45) is 5.16. The summed E-state index contributed by atoms with van der Waals surface area (Å²) in [6.45, 7) is 2.15. The number of nitrogens with zero attached hydrogens (tertiary/aromatic N) is 2. The fraction of sp³-hybridized carbons (Fsp3) is 0.462. The van der Waals surface area contributed by atoms with Crippen molar-refractivity contribution in [1.29, 1.82) is 0 Å². The quantitative estimate of drug-likeness (QED) is 0.629. The summed E-state index contributed by atoms with van der Waals surface area (Å²) in [7, 11) is 0. The van der Waals surface area contributed by atoms with Crippen LogP contribution in [0.5, 0.6) is 0 Å². The van der Waals surface area contributed by atoms with E-state index < -0.39 is 0 Å². The average molecular weight is 232 g/mol. The minimum atomic E-state index is 1.00. The van der Waals surface area contributed by atoms with Gasteiger partial charge in [0, 0.05) is 13.1 Å². The molecular weight excluding hydrogens is 216 g/mol. The molecule has 0 radical (unpaired) electrons. The lowest BCUT2D eigenvalue weighted by Crippen LogP contribution is -1.99. The van der Waals surface area contributed by atoms with Gasteiger partial charge in [-0.25, -0.2) is 0 Å². The van der Waals surface area contributed by atoms with Crippen LogP contribution in [0.25, 0.3) is 11.0 Å². The second kappa shape index (κ2) is 4.06.